The van der Waals surface area contributed by atoms with E-state index in [2.05, 4.69) is 66.3 Å². The van der Waals surface area contributed by atoms with Gasteiger partial charge in [-0.2, -0.15) is 15.0 Å². The third-order valence-corrected chi connectivity index (χ3v) is 5.58. The van der Waals surface area contributed by atoms with Crippen LogP contribution in [-0.2, 0) is 9.53 Å². The molecule has 1 aliphatic heterocycles. The van der Waals surface area contributed by atoms with E-state index in [-0.39, 0.29) is 23.9 Å². The second-order valence-corrected chi connectivity index (χ2v) is 11.0. The van der Waals surface area contributed by atoms with Crippen LogP contribution in [0.2, 0.25) is 0 Å². The highest BCUT2D eigenvalue weighted by Gasteiger charge is 2.27. The summed E-state index contributed by atoms with van der Waals surface area (Å²) >= 11 is 0. The van der Waals surface area contributed by atoms with Gasteiger partial charge in [0, 0.05) is 45.4 Å². The molecule has 9 heteroatoms. The van der Waals surface area contributed by atoms with Crippen molar-refractivity contribution in [1.82, 2.24) is 19.9 Å². The summed E-state index contributed by atoms with van der Waals surface area (Å²) < 4.78 is 11.5. The van der Waals surface area contributed by atoms with Gasteiger partial charge in [0.05, 0.1) is 13.2 Å². The van der Waals surface area contributed by atoms with Crippen LogP contribution >= 0.6 is 0 Å². The predicted molar refractivity (Wildman–Crippen MR) is 132 cm³/mol. The summed E-state index contributed by atoms with van der Waals surface area (Å²) in [5.41, 5.74) is 0.459. The van der Waals surface area contributed by atoms with E-state index in [1.807, 2.05) is 0 Å². The van der Waals surface area contributed by atoms with Crippen LogP contribution in [-0.4, -0.2) is 90.8 Å². The van der Waals surface area contributed by atoms with Gasteiger partial charge in [-0.05, 0) is 46.0 Å². The highest BCUT2D eigenvalue weighted by atomic mass is 16.5. The number of ether oxygens (including phenoxy) is 2. The van der Waals surface area contributed by atoms with Crippen LogP contribution < -0.4 is 14.5 Å². The summed E-state index contributed by atoms with van der Waals surface area (Å²) in [6.45, 7) is 20.3. The number of carbonyl (C=O) groups is 1. The van der Waals surface area contributed by atoms with E-state index in [1.54, 1.807) is 18.9 Å². The van der Waals surface area contributed by atoms with Crippen LogP contribution in [0.4, 0.5) is 11.9 Å². The van der Waals surface area contributed by atoms with Crippen LogP contribution in [0.1, 0.15) is 61.3 Å². The SMILES string of the molecule is CC(=O)CN(C)c1nc(OCCOCCCC(C)(C)C)nc(N2CCN(C(C)(C)C)CC2)n1. The van der Waals surface area contributed by atoms with Crippen molar-refractivity contribution in [2.75, 3.05) is 69.4 Å². The Labute approximate surface area is 199 Å². The largest absolute Gasteiger partial charge is 0.461 e. The highest BCUT2D eigenvalue weighted by molar-refractivity contribution is 5.80. The van der Waals surface area contributed by atoms with Crippen molar-refractivity contribution in [2.24, 2.45) is 5.41 Å². The average molecular weight is 465 g/mol. The van der Waals surface area contributed by atoms with E-state index in [9.17, 15) is 4.79 Å². The first-order valence-corrected chi connectivity index (χ1v) is 12.0. The van der Waals surface area contributed by atoms with E-state index in [4.69, 9.17) is 9.47 Å². The summed E-state index contributed by atoms with van der Waals surface area (Å²) in [6.07, 6.45) is 2.15. The molecule has 1 aromatic heterocycles. The summed E-state index contributed by atoms with van der Waals surface area (Å²) in [5, 5.41) is 0. The number of hydrogen-bond acceptors (Lipinski definition) is 9. The standard InChI is InChI=1S/C24H44N6O3/c1-19(31)18-28(8)20-25-21(29-11-13-30(14-12-29)24(5,6)7)27-22(26-20)33-17-16-32-15-9-10-23(2,3)4/h9-18H2,1-8H3. The first kappa shape index (κ1) is 27.2. The molecule has 0 unspecified atom stereocenters. The lowest BCUT2D eigenvalue weighted by molar-refractivity contribution is -0.115. The van der Waals surface area contributed by atoms with Crippen molar-refractivity contribution < 1.29 is 14.3 Å². The Balaban J connectivity index is 2.00. The van der Waals surface area contributed by atoms with E-state index >= 15 is 0 Å². The van der Waals surface area contributed by atoms with E-state index in [0.717, 1.165) is 39.0 Å². The topological polar surface area (TPSA) is 83.9 Å². The van der Waals surface area contributed by atoms with Crippen molar-refractivity contribution >= 4 is 17.7 Å². The highest BCUT2D eigenvalue weighted by Crippen LogP contribution is 2.22. The molecule has 1 aromatic rings. The zero-order valence-corrected chi connectivity index (χ0v) is 22.0. The maximum absolute atomic E-state index is 11.6. The molecule has 0 N–H and O–H groups in total. The molecule has 188 valence electrons. The number of nitrogens with zero attached hydrogens (tertiary/aromatic N) is 6. The van der Waals surface area contributed by atoms with Crippen LogP contribution in [0, 0.1) is 5.41 Å². The van der Waals surface area contributed by atoms with Crippen LogP contribution in [0.3, 0.4) is 0 Å². The maximum atomic E-state index is 11.6. The molecule has 2 rings (SSSR count). The van der Waals surface area contributed by atoms with Crippen LogP contribution in [0.5, 0.6) is 6.01 Å². The van der Waals surface area contributed by atoms with Gasteiger partial charge in [0.1, 0.15) is 12.4 Å². The Hall–Kier alpha value is -2.00. The summed E-state index contributed by atoms with van der Waals surface area (Å²) in [4.78, 5) is 31.6. The van der Waals surface area contributed by atoms with Crippen molar-refractivity contribution in [1.29, 1.82) is 0 Å². The number of ketones is 1. The lowest BCUT2D eigenvalue weighted by Gasteiger charge is -2.42. The number of Topliss-reactive ketones (excluding diaryl/α,β-unsaturated/α-hetero) is 1. The van der Waals surface area contributed by atoms with Crippen molar-refractivity contribution in [3.8, 4) is 6.01 Å². The Kier molecular flexibility index (Phi) is 9.84. The molecule has 2 heterocycles. The van der Waals surface area contributed by atoms with Crippen molar-refractivity contribution in [2.45, 2.75) is 66.8 Å². The molecule has 0 spiro atoms. The Morgan fingerprint density at radius 1 is 0.970 bits per heavy atom. The zero-order chi connectivity index (χ0) is 24.6. The van der Waals surface area contributed by atoms with Gasteiger partial charge in [-0.1, -0.05) is 20.8 Å². The Bertz CT molecular complexity index is 752. The molecule has 0 aromatic carbocycles. The number of likely N-dealkylation sites (N-methyl/N-ethyl adjacent to an activating group) is 1. The fourth-order valence-corrected chi connectivity index (χ4v) is 3.69. The van der Waals surface area contributed by atoms with Gasteiger partial charge in [-0.15, -0.1) is 0 Å². The molecule has 0 radical (unpaired) electrons. The quantitative estimate of drug-likeness (QED) is 0.459. The fourth-order valence-electron chi connectivity index (χ4n) is 3.69. The van der Waals surface area contributed by atoms with E-state index in [0.29, 0.717) is 37.1 Å². The normalized spacial score (nSPS) is 15.6. The fraction of sp³-hybridized carbons (Fsp3) is 0.833. The molecular weight excluding hydrogens is 420 g/mol. The molecule has 1 fully saturated rings. The smallest absolute Gasteiger partial charge is 0.323 e. The summed E-state index contributed by atoms with van der Waals surface area (Å²) in [7, 11) is 1.81. The minimum absolute atomic E-state index is 0.0457. The van der Waals surface area contributed by atoms with Crippen molar-refractivity contribution in [3.05, 3.63) is 0 Å². The molecule has 33 heavy (non-hydrogen) atoms. The minimum Gasteiger partial charge on any atom is -0.461 e. The first-order chi connectivity index (χ1) is 15.3. The molecule has 0 saturated carbocycles. The van der Waals surface area contributed by atoms with E-state index < -0.39 is 0 Å². The number of piperazine rings is 1. The zero-order valence-electron chi connectivity index (χ0n) is 22.0. The maximum Gasteiger partial charge on any atom is 0.323 e. The number of hydrogen-bond donors (Lipinski definition) is 0. The monoisotopic (exact) mass is 464 g/mol. The molecule has 0 bridgehead atoms. The number of rotatable bonds is 11. The third-order valence-electron chi connectivity index (χ3n) is 5.58. The van der Waals surface area contributed by atoms with Crippen molar-refractivity contribution in [3.63, 3.8) is 0 Å². The molecule has 1 aliphatic rings. The van der Waals surface area contributed by atoms with Crippen LogP contribution in [0.15, 0.2) is 0 Å². The second kappa shape index (κ2) is 11.9. The molecule has 0 amide bonds. The van der Waals surface area contributed by atoms with Gasteiger partial charge in [-0.25, -0.2) is 0 Å². The van der Waals surface area contributed by atoms with Gasteiger partial charge in [0.2, 0.25) is 11.9 Å². The van der Waals surface area contributed by atoms with Gasteiger partial charge >= 0.3 is 6.01 Å². The van der Waals surface area contributed by atoms with E-state index in [1.165, 1.54) is 0 Å². The number of carbonyl (C=O) groups excluding carboxylic acids is 1. The molecule has 1 saturated heterocycles. The Morgan fingerprint density at radius 3 is 2.21 bits per heavy atom. The summed E-state index contributed by atoms with van der Waals surface area (Å²) in [6, 6.07) is 0.266. The van der Waals surface area contributed by atoms with Gasteiger partial charge in [0.25, 0.3) is 0 Å². The lowest BCUT2D eigenvalue weighted by Crippen LogP contribution is -2.53. The molecule has 0 atom stereocenters. The van der Waals surface area contributed by atoms with Gasteiger partial charge in [0.15, 0.2) is 0 Å². The van der Waals surface area contributed by atoms with Gasteiger partial charge in [-0.3, -0.25) is 9.69 Å². The average Bonchev–Trinajstić information content (AvgIpc) is 2.71. The second-order valence-electron chi connectivity index (χ2n) is 11.0. The lowest BCUT2D eigenvalue weighted by atomic mass is 9.91. The first-order valence-electron chi connectivity index (χ1n) is 12.0. The Morgan fingerprint density at radius 2 is 1.64 bits per heavy atom. The third kappa shape index (κ3) is 9.80. The number of aromatic nitrogens is 3. The van der Waals surface area contributed by atoms with Gasteiger partial charge < -0.3 is 19.3 Å². The van der Waals surface area contributed by atoms with Crippen LogP contribution in [0.25, 0.3) is 0 Å². The summed E-state index contributed by atoms with van der Waals surface area (Å²) in [5.74, 6) is 1.07. The minimum atomic E-state index is 0.0457. The number of anilines is 2. The molecular formula is C24H44N6O3. The predicted octanol–water partition coefficient (Wildman–Crippen LogP) is 3.04. The molecule has 9 nitrogen and oxygen atoms in total. The molecule has 0 aliphatic carbocycles.